The van der Waals surface area contributed by atoms with Crippen LogP contribution in [0, 0.1) is 0 Å². The molecular weight excluding hydrogens is 332 g/mol. The van der Waals surface area contributed by atoms with E-state index in [9.17, 15) is 4.79 Å². The molecule has 2 unspecified atom stereocenters. The van der Waals surface area contributed by atoms with Gasteiger partial charge in [0.05, 0.1) is 19.8 Å². The summed E-state index contributed by atoms with van der Waals surface area (Å²) in [7, 11) is 1.67. The van der Waals surface area contributed by atoms with Crippen molar-refractivity contribution in [1.82, 2.24) is 4.90 Å². The van der Waals surface area contributed by atoms with Gasteiger partial charge in [-0.1, -0.05) is 0 Å². The van der Waals surface area contributed by atoms with Crippen LogP contribution in [0.25, 0.3) is 0 Å². The molecule has 2 aliphatic heterocycles. The summed E-state index contributed by atoms with van der Waals surface area (Å²) in [5.41, 5.74) is 1.16. The molecule has 26 heavy (non-hydrogen) atoms. The number of ether oxygens (including phenoxy) is 3. The van der Waals surface area contributed by atoms with Crippen LogP contribution in [0.5, 0.6) is 5.75 Å². The van der Waals surface area contributed by atoms with Crippen molar-refractivity contribution in [2.75, 3.05) is 51.4 Å². The normalized spacial score (nSPS) is 22.2. The molecule has 0 aromatic heterocycles. The van der Waals surface area contributed by atoms with E-state index < -0.39 is 6.10 Å². The number of piperazine rings is 1. The average Bonchev–Trinajstić information content (AvgIpc) is 2.72. The van der Waals surface area contributed by atoms with Gasteiger partial charge in [-0.15, -0.1) is 0 Å². The van der Waals surface area contributed by atoms with Gasteiger partial charge in [-0.3, -0.25) is 4.79 Å². The quantitative estimate of drug-likeness (QED) is 0.777. The monoisotopic (exact) mass is 362 g/mol. The molecule has 2 heterocycles. The van der Waals surface area contributed by atoms with E-state index in [0.29, 0.717) is 6.61 Å². The van der Waals surface area contributed by atoms with Gasteiger partial charge in [0.1, 0.15) is 11.9 Å². The number of carbonyl (C=O) groups is 1. The summed E-state index contributed by atoms with van der Waals surface area (Å²) in [5, 5.41) is 0. The van der Waals surface area contributed by atoms with Gasteiger partial charge >= 0.3 is 0 Å². The van der Waals surface area contributed by atoms with Gasteiger partial charge < -0.3 is 24.0 Å². The van der Waals surface area contributed by atoms with Crippen molar-refractivity contribution in [2.24, 2.45) is 0 Å². The Morgan fingerprint density at radius 2 is 1.92 bits per heavy atom. The molecule has 1 aromatic rings. The first-order valence-corrected chi connectivity index (χ1v) is 9.58. The third kappa shape index (κ3) is 4.89. The van der Waals surface area contributed by atoms with E-state index in [0.717, 1.165) is 57.1 Å². The molecule has 144 valence electrons. The molecule has 0 spiro atoms. The second-order valence-electron chi connectivity index (χ2n) is 6.97. The number of anilines is 1. The Morgan fingerprint density at radius 1 is 1.19 bits per heavy atom. The van der Waals surface area contributed by atoms with Crippen molar-refractivity contribution in [3.05, 3.63) is 24.3 Å². The first-order valence-electron chi connectivity index (χ1n) is 9.58. The maximum Gasteiger partial charge on any atom is 0.251 e. The molecule has 1 aromatic carbocycles. The summed E-state index contributed by atoms with van der Waals surface area (Å²) in [6, 6.07) is 8.06. The minimum Gasteiger partial charge on any atom is -0.497 e. The Balaban J connectivity index is 1.43. The molecule has 1 amide bonds. The van der Waals surface area contributed by atoms with Crippen LogP contribution in [0.15, 0.2) is 24.3 Å². The number of nitrogens with zero attached hydrogens (tertiary/aromatic N) is 2. The van der Waals surface area contributed by atoms with Gasteiger partial charge in [0.2, 0.25) is 0 Å². The third-order valence-corrected chi connectivity index (χ3v) is 5.18. The lowest BCUT2D eigenvalue weighted by molar-refractivity contribution is -0.146. The first-order chi connectivity index (χ1) is 12.7. The fourth-order valence-electron chi connectivity index (χ4n) is 3.50. The van der Waals surface area contributed by atoms with E-state index in [4.69, 9.17) is 14.2 Å². The second-order valence-corrected chi connectivity index (χ2v) is 6.97. The standard InChI is InChI=1S/C20H30N2O4/c1-16(26-15-19-5-3-4-14-25-19)20(23)22-12-10-21(11-13-22)17-6-8-18(24-2)9-7-17/h6-9,16,19H,3-5,10-15H2,1-2H3. The number of benzene rings is 1. The predicted octanol–water partition coefficient (Wildman–Crippen LogP) is 2.32. The van der Waals surface area contributed by atoms with E-state index in [1.165, 1.54) is 6.42 Å². The largest absolute Gasteiger partial charge is 0.497 e. The van der Waals surface area contributed by atoms with E-state index in [2.05, 4.69) is 17.0 Å². The predicted molar refractivity (Wildman–Crippen MR) is 101 cm³/mol. The zero-order valence-corrected chi connectivity index (χ0v) is 15.9. The summed E-state index contributed by atoms with van der Waals surface area (Å²) in [4.78, 5) is 16.8. The van der Waals surface area contributed by atoms with E-state index in [1.807, 2.05) is 24.0 Å². The lowest BCUT2D eigenvalue weighted by atomic mass is 10.1. The Bertz CT molecular complexity index is 564. The molecule has 0 bridgehead atoms. The maximum absolute atomic E-state index is 12.6. The highest BCUT2D eigenvalue weighted by molar-refractivity contribution is 5.80. The molecule has 0 saturated carbocycles. The smallest absolute Gasteiger partial charge is 0.251 e. The summed E-state index contributed by atoms with van der Waals surface area (Å²) in [6.45, 7) is 6.27. The Kier molecular flexibility index (Phi) is 6.74. The molecule has 2 atom stereocenters. The van der Waals surface area contributed by atoms with Gasteiger partial charge in [0.25, 0.3) is 5.91 Å². The fourth-order valence-corrected chi connectivity index (χ4v) is 3.50. The SMILES string of the molecule is COc1ccc(N2CCN(C(=O)C(C)OCC3CCCCO3)CC2)cc1. The number of hydrogen-bond acceptors (Lipinski definition) is 5. The summed E-state index contributed by atoms with van der Waals surface area (Å²) < 4.78 is 16.7. The molecule has 0 N–H and O–H groups in total. The Morgan fingerprint density at radius 3 is 2.54 bits per heavy atom. The van der Waals surface area contributed by atoms with Crippen molar-refractivity contribution >= 4 is 11.6 Å². The molecule has 2 saturated heterocycles. The van der Waals surface area contributed by atoms with Gasteiger partial charge in [-0.25, -0.2) is 0 Å². The number of rotatable bonds is 6. The fraction of sp³-hybridized carbons (Fsp3) is 0.650. The van der Waals surface area contributed by atoms with Crippen molar-refractivity contribution in [2.45, 2.75) is 38.4 Å². The zero-order chi connectivity index (χ0) is 18.4. The topological polar surface area (TPSA) is 51.2 Å². The number of amides is 1. The van der Waals surface area contributed by atoms with Crippen LogP contribution in [0.3, 0.4) is 0 Å². The molecule has 0 aliphatic carbocycles. The number of methoxy groups -OCH3 is 1. The minimum absolute atomic E-state index is 0.0789. The molecule has 2 aliphatic rings. The highest BCUT2D eigenvalue weighted by atomic mass is 16.5. The number of hydrogen-bond donors (Lipinski definition) is 0. The van der Waals surface area contributed by atoms with Crippen LogP contribution in [0.2, 0.25) is 0 Å². The van der Waals surface area contributed by atoms with Crippen LogP contribution < -0.4 is 9.64 Å². The van der Waals surface area contributed by atoms with Crippen LogP contribution in [0.4, 0.5) is 5.69 Å². The van der Waals surface area contributed by atoms with Gasteiger partial charge in [-0.05, 0) is 50.5 Å². The van der Waals surface area contributed by atoms with Crippen LogP contribution >= 0.6 is 0 Å². The molecule has 3 rings (SSSR count). The molecular formula is C20H30N2O4. The van der Waals surface area contributed by atoms with Crippen molar-refractivity contribution in [1.29, 1.82) is 0 Å². The summed E-state index contributed by atoms with van der Waals surface area (Å²) in [5.74, 6) is 0.936. The van der Waals surface area contributed by atoms with Crippen LogP contribution in [-0.4, -0.2) is 69.5 Å². The molecule has 6 nitrogen and oxygen atoms in total. The maximum atomic E-state index is 12.6. The lowest BCUT2D eigenvalue weighted by Crippen LogP contribution is -2.51. The Hall–Kier alpha value is -1.79. The first kappa shape index (κ1) is 19.0. The highest BCUT2D eigenvalue weighted by Crippen LogP contribution is 2.21. The number of carbonyl (C=O) groups excluding carboxylic acids is 1. The average molecular weight is 362 g/mol. The highest BCUT2D eigenvalue weighted by Gasteiger charge is 2.26. The molecule has 6 heteroatoms. The van der Waals surface area contributed by atoms with E-state index in [-0.39, 0.29) is 12.0 Å². The molecule has 0 radical (unpaired) electrons. The third-order valence-electron chi connectivity index (χ3n) is 5.18. The summed E-state index contributed by atoms with van der Waals surface area (Å²) >= 11 is 0. The van der Waals surface area contributed by atoms with E-state index >= 15 is 0 Å². The zero-order valence-electron chi connectivity index (χ0n) is 15.9. The van der Waals surface area contributed by atoms with Crippen LogP contribution in [0.1, 0.15) is 26.2 Å². The minimum atomic E-state index is -0.409. The van der Waals surface area contributed by atoms with Gasteiger partial charge in [-0.2, -0.15) is 0 Å². The van der Waals surface area contributed by atoms with E-state index in [1.54, 1.807) is 7.11 Å². The second kappa shape index (κ2) is 9.24. The Labute approximate surface area is 156 Å². The molecule has 2 fully saturated rings. The van der Waals surface area contributed by atoms with Crippen molar-refractivity contribution < 1.29 is 19.0 Å². The van der Waals surface area contributed by atoms with Crippen molar-refractivity contribution in [3.8, 4) is 5.75 Å². The van der Waals surface area contributed by atoms with Crippen molar-refractivity contribution in [3.63, 3.8) is 0 Å². The van der Waals surface area contributed by atoms with Crippen LogP contribution in [-0.2, 0) is 14.3 Å². The van der Waals surface area contributed by atoms with Gasteiger partial charge in [0, 0.05) is 38.5 Å². The lowest BCUT2D eigenvalue weighted by Gasteiger charge is -2.37. The summed E-state index contributed by atoms with van der Waals surface area (Å²) in [6.07, 6.45) is 3.08. The van der Waals surface area contributed by atoms with Gasteiger partial charge in [0.15, 0.2) is 0 Å².